The van der Waals surface area contributed by atoms with Crippen LogP contribution in [-0.2, 0) is 9.53 Å². The molecule has 98 valence electrons. The van der Waals surface area contributed by atoms with E-state index in [1.165, 1.54) is 0 Å². The van der Waals surface area contributed by atoms with E-state index in [2.05, 4.69) is 10.6 Å². The van der Waals surface area contributed by atoms with Gasteiger partial charge in [-0.25, -0.2) is 0 Å². The van der Waals surface area contributed by atoms with E-state index in [0.29, 0.717) is 0 Å². The van der Waals surface area contributed by atoms with Gasteiger partial charge >= 0.3 is 0 Å². The molecule has 0 aromatic heterocycles. The van der Waals surface area contributed by atoms with Gasteiger partial charge in [0.2, 0.25) is 5.91 Å². The van der Waals surface area contributed by atoms with Crippen molar-refractivity contribution in [1.29, 1.82) is 0 Å². The van der Waals surface area contributed by atoms with Crippen LogP contribution in [-0.4, -0.2) is 62.3 Å². The van der Waals surface area contributed by atoms with Gasteiger partial charge in [0.25, 0.3) is 0 Å². The molecule has 1 amide bonds. The van der Waals surface area contributed by atoms with Crippen molar-refractivity contribution in [3.8, 4) is 0 Å². The standard InChI is InChI=1S/C12H23N3O2/c1-2-15(9-10-4-3-7-17-10)12(16)11-8-13-5-6-14-11/h10-11,13-14H,2-9H2,1H3. The second-order valence-corrected chi connectivity index (χ2v) is 4.72. The van der Waals surface area contributed by atoms with Crippen molar-refractivity contribution in [3.63, 3.8) is 0 Å². The molecule has 0 bridgehead atoms. The lowest BCUT2D eigenvalue weighted by atomic mass is 10.1. The first kappa shape index (κ1) is 12.8. The second-order valence-electron chi connectivity index (χ2n) is 4.72. The maximum absolute atomic E-state index is 12.3. The predicted octanol–water partition coefficient (Wildman–Crippen LogP) is -0.425. The minimum Gasteiger partial charge on any atom is -0.376 e. The fourth-order valence-corrected chi connectivity index (χ4v) is 2.46. The third-order valence-electron chi connectivity index (χ3n) is 3.48. The molecule has 17 heavy (non-hydrogen) atoms. The van der Waals surface area contributed by atoms with Gasteiger partial charge in [-0.3, -0.25) is 4.79 Å². The quantitative estimate of drug-likeness (QED) is 0.701. The van der Waals surface area contributed by atoms with Crippen molar-refractivity contribution >= 4 is 5.91 Å². The van der Waals surface area contributed by atoms with Crippen molar-refractivity contribution in [3.05, 3.63) is 0 Å². The molecule has 2 heterocycles. The number of piperazine rings is 1. The molecule has 0 aromatic rings. The molecule has 5 nitrogen and oxygen atoms in total. The number of rotatable bonds is 4. The summed E-state index contributed by atoms with van der Waals surface area (Å²) in [6, 6.07) is -0.0647. The van der Waals surface area contributed by atoms with Crippen LogP contribution in [0.25, 0.3) is 0 Å². The van der Waals surface area contributed by atoms with Crippen molar-refractivity contribution in [2.75, 3.05) is 39.3 Å². The van der Waals surface area contributed by atoms with E-state index in [1.807, 2.05) is 11.8 Å². The molecule has 2 atom stereocenters. The Bertz CT molecular complexity index is 248. The Labute approximate surface area is 103 Å². The van der Waals surface area contributed by atoms with E-state index in [0.717, 1.165) is 52.2 Å². The summed E-state index contributed by atoms with van der Waals surface area (Å²) in [5.41, 5.74) is 0. The Balaban J connectivity index is 1.84. The first-order chi connectivity index (χ1) is 8.31. The highest BCUT2D eigenvalue weighted by Crippen LogP contribution is 2.13. The number of hydrogen-bond donors (Lipinski definition) is 2. The van der Waals surface area contributed by atoms with Crippen LogP contribution >= 0.6 is 0 Å². The largest absolute Gasteiger partial charge is 0.376 e. The molecule has 2 aliphatic rings. The van der Waals surface area contributed by atoms with Crippen molar-refractivity contribution < 1.29 is 9.53 Å². The molecule has 2 unspecified atom stereocenters. The molecular weight excluding hydrogens is 218 g/mol. The van der Waals surface area contributed by atoms with E-state index in [-0.39, 0.29) is 18.1 Å². The number of amides is 1. The smallest absolute Gasteiger partial charge is 0.241 e. The summed E-state index contributed by atoms with van der Waals surface area (Å²) >= 11 is 0. The zero-order valence-corrected chi connectivity index (χ0v) is 10.6. The van der Waals surface area contributed by atoms with Gasteiger partial charge < -0.3 is 20.3 Å². The molecule has 2 N–H and O–H groups in total. The molecule has 0 aliphatic carbocycles. The highest BCUT2D eigenvalue weighted by Gasteiger charge is 2.27. The summed E-state index contributed by atoms with van der Waals surface area (Å²) in [5.74, 6) is 0.204. The summed E-state index contributed by atoms with van der Waals surface area (Å²) < 4.78 is 5.59. The van der Waals surface area contributed by atoms with E-state index in [1.54, 1.807) is 0 Å². The lowest BCUT2D eigenvalue weighted by Gasteiger charge is -2.31. The summed E-state index contributed by atoms with van der Waals surface area (Å²) in [6.07, 6.45) is 2.45. The van der Waals surface area contributed by atoms with E-state index in [4.69, 9.17) is 4.74 Å². The van der Waals surface area contributed by atoms with Crippen molar-refractivity contribution in [2.24, 2.45) is 0 Å². The fraction of sp³-hybridized carbons (Fsp3) is 0.917. The van der Waals surface area contributed by atoms with E-state index in [9.17, 15) is 4.79 Å². The molecule has 0 saturated carbocycles. The zero-order chi connectivity index (χ0) is 12.1. The average molecular weight is 241 g/mol. The Morgan fingerprint density at radius 3 is 2.94 bits per heavy atom. The molecule has 5 heteroatoms. The normalized spacial score (nSPS) is 29.2. The topological polar surface area (TPSA) is 53.6 Å². The number of ether oxygens (including phenoxy) is 1. The Morgan fingerprint density at radius 2 is 2.35 bits per heavy atom. The van der Waals surface area contributed by atoms with Gasteiger partial charge in [-0.05, 0) is 19.8 Å². The highest BCUT2D eigenvalue weighted by molar-refractivity contribution is 5.82. The SMILES string of the molecule is CCN(CC1CCCO1)C(=O)C1CNCCN1. The molecule has 2 fully saturated rings. The van der Waals surface area contributed by atoms with Crippen LogP contribution in [0, 0.1) is 0 Å². The number of carbonyl (C=O) groups is 1. The van der Waals surface area contributed by atoms with Gasteiger partial charge in [0.15, 0.2) is 0 Å². The maximum atomic E-state index is 12.3. The zero-order valence-electron chi connectivity index (χ0n) is 10.6. The monoisotopic (exact) mass is 241 g/mol. The van der Waals surface area contributed by atoms with Crippen molar-refractivity contribution in [1.82, 2.24) is 15.5 Å². The number of carbonyl (C=O) groups excluding carboxylic acids is 1. The minimum absolute atomic E-state index is 0.0647. The summed E-state index contributed by atoms with van der Waals surface area (Å²) in [7, 11) is 0. The number of likely N-dealkylation sites (N-methyl/N-ethyl adjacent to an activating group) is 1. The third-order valence-corrected chi connectivity index (χ3v) is 3.48. The summed E-state index contributed by atoms with van der Waals surface area (Å²) in [5, 5.41) is 6.51. The maximum Gasteiger partial charge on any atom is 0.241 e. The van der Waals surface area contributed by atoms with Gasteiger partial charge in [-0.1, -0.05) is 0 Å². The molecule has 0 radical (unpaired) electrons. The number of hydrogen-bond acceptors (Lipinski definition) is 4. The second kappa shape index (κ2) is 6.33. The number of nitrogens with one attached hydrogen (secondary N) is 2. The summed E-state index contributed by atoms with van der Waals surface area (Å²) in [6.45, 7) is 6.93. The van der Waals surface area contributed by atoms with Gasteiger partial charge in [0.1, 0.15) is 0 Å². The summed E-state index contributed by atoms with van der Waals surface area (Å²) in [4.78, 5) is 14.2. The Morgan fingerprint density at radius 1 is 1.47 bits per heavy atom. The molecule has 2 rings (SSSR count). The van der Waals surface area contributed by atoms with E-state index < -0.39 is 0 Å². The van der Waals surface area contributed by atoms with Gasteiger partial charge in [-0.15, -0.1) is 0 Å². The fourth-order valence-electron chi connectivity index (χ4n) is 2.46. The highest BCUT2D eigenvalue weighted by atomic mass is 16.5. The molecule has 2 aliphatic heterocycles. The van der Waals surface area contributed by atoms with Crippen molar-refractivity contribution in [2.45, 2.75) is 31.9 Å². The van der Waals surface area contributed by atoms with Crippen LogP contribution in [0.1, 0.15) is 19.8 Å². The van der Waals surface area contributed by atoms with Crippen LogP contribution in [0.2, 0.25) is 0 Å². The lowest BCUT2D eigenvalue weighted by molar-refractivity contribution is -0.135. The first-order valence-electron chi connectivity index (χ1n) is 6.65. The van der Waals surface area contributed by atoms with Gasteiger partial charge in [0, 0.05) is 39.3 Å². The molecule has 2 saturated heterocycles. The van der Waals surface area contributed by atoms with Crippen LogP contribution in [0.15, 0.2) is 0 Å². The van der Waals surface area contributed by atoms with Gasteiger partial charge in [0.05, 0.1) is 12.1 Å². The van der Waals surface area contributed by atoms with Crippen LogP contribution in [0.5, 0.6) is 0 Å². The van der Waals surface area contributed by atoms with Gasteiger partial charge in [-0.2, -0.15) is 0 Å². The Kier molecular flexibility index (Phi) is 4.76. The number of nitrogens with zero attached hydrogens (tertiary/aromatic N) is 1. The minimum atomic E-state index is -0.0647. The van der Waals surface area contributed by atoms with Crippen LogP contribution in [0.3, 0.4) is 0 Å². The molecule has 0 spiro atoms. The average Bonchev–Trinajstić information content (AvgIpc) is 2.89. The third kappa shape index (κ3) is 3.40. The van der Waals surface area contributed by atoms with E-state index >= 15 is 0 Å². The van der Waals surface area contributed by atoms with Crippen LogP contribution in [0.4, 0.5) is 0 Å². The first-order valence-corrected chi connectivity index (χ1v) is 6.65. The lowest BCUT2D eigenvalue weighted by Crippen LogP contribution is -2.57. The predicted molar refractivity (Wildman–Crippen MR) is 65.9 cm³/mol. The molecular formula is C12H23N3O2. The van der Waals surface area contributed by atoms with Crippen LogP contribution < -0.4 is 10.6 Å². The Hall–Kier alpha value is -0.650. The molecule has 0 aromatic carbocycles.